The number of rotatable bonds is 8. The smallest absolute Gasteiger partial charge is 0.387 e. The molecule has 0 radical (unpaired) electrons. The predicted octanol–water partition coefficient (Wildman–Crippen LogP) is 2.75. The molecule has 10 heteroatoms. The Morgan fingerprint density at radius 3 is 2.52 bits per heavy atom. The van der Waals surface area contributed by atoms with Gasteiger partial charge in [-0.15, -0.1) is 24.0 Å². The van der Waals surface area contributed by atoms with Crippen molar-refractivity contribution >= 4 is 47.4 Å². The lowest BCUT2D eigenvalue weighted by atomic mass is 10.2. The largest absolute Gasteiger partial charge is 0.434 e. The maximum atomic E-state index is 12.4. The lowest BCUT2D eigenvalue weighted by molar-refractivity contribution is -0.119. The highest BCUT2D eigenvalue weighted by molar-refractivity contribution is 14.0. The van der Waals surface area contributed by atoms with Gasteiger partial charge >= 0.3 is 6.61 Å². The van der Waals surface area contributed by atoms with E-state index in [9.17, 15) is 13.6 Å². The predicted molar refractivity (Wildman–Crippen MR) is 105 cm³/mol. The van der Waals surface area contributed by atoms with Gasteiger partial charge in [-0.1, -0.05) is 11.6 Å². The van der Waals surface area contributed by atoms with Crippen molar-refractivity contribution in [1.29, 1.82) is 0 Å². The Hall–Kier alpha value is -1.36. The Balaban J connectivity index is 0.00000576. The van der Waals surface area contributed by atoms with E-state index in [0.717, 1.165) is 0 Å². The van der Waals surface area contributed by atoms with E-state index in [-0.39, 0.29) is 48.7 Å². The number of carbonyl (C=O) groups excluding carboxylic acids is 1. The fourth-order valence-electron chi connectivity index (χ4n) is 1.81. The molecule has 1 amide bonds. The summed E-state index contributed by atoms with van der Waals surface area (Å²) in [5.74, 6) is 0.219. The third-order valence-electron chi connectivity index (χ3n) is 2.78. The minimum absolute atomic E-state index is 0. The number of nitrogens with zero attached hydrogens (tertiary/aromatic N) is 1. The molecule has 0 atom stereocenters. The first-order valence-corrected chi connectivity index (χ1v) is 7.86. The van der Waals surface area contributed by atoms with Gasteiger partial charge in [0.25, 0.3) is 0 Å². The molecule has 1 aromatic rings. The molecule has 6 nitrogen and oxygen atoms in total. The van der Waals surface area contributed by atoms with E-state index >= 15 is 0 Å². The summed E-state index contributed by atoms with van der Waals surface area (Å²) in [6.07, 6.45) is 0. The number of benzene rings is 1. The standard InChI is InChI=1S/C15H21ClF2N4O2.HI/c1-3-19-13(23)9-22-15(20-4-2)21-8-10-7-11(16)5-6-12(10)24-14(17)18;/h5-7,14H,3-4,8-9H2,1-2H3,(H,19,23)(H2,20,21,22);1H. The molecule has 0 spiro atoms. The van der Waals surface area contributed by atoms with Crippen LogP contribution in [0.5, 0.6) is 5.75 Å². The third-order valence-corrected chi connectivity index (χ3v) is 3.02. The SMILES string of the molecule is CCNC(=O)CNC(=NCc1cc(Cl)ccc1OC(F)F)NCC.I. The second kappa shape index (κ2) is 12.9. The van der Waals surface area contributed by atoms with E-state index in [4.69, 9.17) is 11.6 Å². The van der Waals surface area contributed by atoms with E-state index in [1.165, 1.54) is 18.2 Å². The summed E-state index contributed by atoms with van der Waals surface area (Å²) in [6, 6.07) is 4.34. The first kappa shape index (κ1) is 23.6. The number of alkyl halides is 2. The lowest BCUT2D eigenvalue weighted by Gasteiger charge is -2.13. The maximum Gasteiger partial charge on any atom is 0.387 e. The lowest BCUT2D eigenvalue weighted by Crippen LogP contribution is -2.43. The van der Waals surface area contributed by atoms with Gasteiger partial charge in [0.2, 0.25) is 5.91 Å². The van der Waals surface area contributed by atoms with Crippen LogP contribution in [-0.2, 0) is 11.3 Å². The molecule has 0 aliphatic carbocycles. The topological polar surface area (TPSA) is 74.8 Å². The number of nitrogens with one attached hydrogen (secondary N) is 3. The molecule has 1 rings (SSSR count). The normalized spacial score (nSPS) is 10.9. The minimum Gasteiger partial charge on any atom is -0.434 e. The van der Waals surface area contributed by atoms with Gasteiger partial charge in [-0.2, -0.15) is 8.78 Å². The van der Waals surface area contributed by atoms with Crippen LogP contribution in [0.15, 0.2) is 23.2 Å². The van der Waals surface area contributed by atoms with Gasteiger partial charge < -0.3 is 20.7 Å². The van der Waals surface area contributed by atoms with Crippen LogP contribution in [0.1, 0.15) is 19.4 Å². The molecule has 0 aromatic heterocycles. The van der Waals surface area contributed by atoms with Crippen molar-refractivity contribution in [2.75, 3.05) is 19.6 Å². The van der Waals surface area contributed by atoms with Gasteiger partial charge in [-0.05, 0) is 32.0 Å². The number of carbonyl (C=O) groups is 1. The number of likely N-dealkylation sites (N-methyl/N-ethyl adjacent to an activating group) is 1. The number of hydrogen-bond acceptors (Lipinski definition) is 3. The first-order valence-electron chi connectivity index (χ1n) is 7.48. The molecule has 142 valence electrons. The Morgan fingerprint density at radius 2 is 1.92 bits per heavy atom. The fraction of sp³-hybridized carbons (Fsp3) is 0.467. The molecule has 0 unspecified atom stereocenters. The molecule has 1 aromatic carbocycles. The Bertz CT molecular complexity index is 576. The van der Waals surface area contributed by atoms with Gasteiger partial charge in [0.1, 0.15) is 5.75 Å². The van der Waals surface area contributed by atoms with E-state index in [1.807, 2.05) is 13.8 Å². The van der Waals surface area contributed by atoms with Crippen molar-refractivity contribution in [3.63, 3.8) is 0 Å². The molecule has 0 fully saturated rings. The molecule has 0 heterocycles. The molecule has 25 heavy (non-hydrogen) atoms. The number of amides is 1. The second-order valence-corrected chi connectivity index (χ2v) is 5.07. The van der Waals surface area contributed by atoms with Crippen LogP contribution in [0.3, 0.4) is 0 Å². The quantitative estimate of drug-likeness (QED) is 0.298. The molecule has 0 aliphatic heterocycles. The third kappa shape index (κ3) is 9.63. The van der Waals surface area contributed by atoms with E-state index in [0.29, 0.717) is 29.6 Å². The number of ether oxygens (including phenoxy) is 1. The van der Waals surface area contributed by atoms with Crippen molar-refractivity contribution in [3.8, 4) is 5.75 Å². The van der Waals surface area contributed by atoms with E-state index < -0.39 is 6.61 Å². The summed E-state index contributed by atoms with van der Waals surface area (Å²) in [4.78, 5) is 15.7. The van der Waals surface area contributed by atoms with Gasteiger partial charge in [0.15, 0.2) is 5.96 Å². The highest BCUT2D eigenvalue weighted by Gasteiger charge is 2.10. The van der Waals surface area contributed by atoms with Crippen LogP contribution in [0.25, 0.3) is 0 Å². The van der Waals surface area contributed by atoms with Crippen molar-refractivity contribution in [2.24, 2.45) is 4.99 Å². The summed E-state index contributed by atoms with van der Waals surface area (Å²) in [6.45, 7) is 1.98. The average molecular weight is 491 g/mol. The summed E-state index contributed by atoms with van der Waals surface area (Å²) in [7, 11) is 0. The van der Waals surface area contributed by atoms with Gasteiger partial charge in [-0.25, -0.2) is 4.99 Å². The van der Waals surface area contributed by atoms with Crippen LogP contribution in [-0.4, -0.2) is 38.1 Å². The van der Waals surface area contributed by atoms with Crippen LogP contribution >= 0.6 is 35.6 Å². The van der Waals surface area contributed by atoms with Gasteiger partial charge in [0, 0.05) is 23.7 Å². The van der Waals surface area contributed by atoms with Gasteiger partial charge in [-0.3, -0.25) is 4.79 Å². The summed E-state index contributed by atoms with van der Waals surface area (Å²) < 4.78 is 29.3. The summed E-state index contributed by atoms with van der Waals surface area (Å²) in [5, 5.41) is 8.86. The Kier molecular flexibility index (Phi) is 12.2. The highest BCUT2D eigenvalue weighted by Crippen LogP contribution is 2.25. The first-order chi connectivity index (χ1) is 11.5. The number of guanidine groups is 1. The number of hydrogen-bond donors (Lipinski definition) is 3. The second-order valence-electron chi connectivity index (χ2n) is 4.63. The van der Waals surface area contributed by atoms with Crippen molar-refractivity contribution in [3.05, 3.63) is 28.8 Å². The molecule has 0 saturated carbocycles. The van der Waals surface area contributed by atoms with E-state index in [1.54, 1.807) is 0 Å². The molecule has 0 bridgehead atoms. The zero-order valence-corrected chi connectivity index (χ0v) is 17.0. The zero-order chi connectivity index (χ0) is 17.9. The fourth-order valence-corrected chi connectivity index (χ4v) is 2.01. The molecule has 3 N–H and O–H groups in total. The van der Waals surface area contributed by atoms with Crippen LogP contribution in [0, 0.1) is 0 Å². The van der Waals surface area contributed by atoms with Crippen LogP contribution in [0.2, 0.25) is 5.02 Å². The van der Waals surface area contributed by atoms with Crippen LogP contribution < -0.4 is 20.7 Å². The molecular formula is C15H22ClF2IN4O2. The van der Waals surface area contributed by atoms with E-state index in [2.05, 4.69) is 25.7 Å². The average Bonchev–Trinajstić information content (AvgIpc) is 2.52. The maximum absolute atomic E-state index is 12.4. The molecular weight excluding hydrogens is 469 g/mol. The van der Waals surface area contributed by atoms with Gasteiger partial charge in [0.05, 0.1) is 13.1 Å². The molecule has 0 saturated heterocycles. The highest BCUT2D eigenvalue weighted by atomic mass is 127. The summed E-state index contributed by atoms with van der Waals surface area (Å²) >= 11 is 5.89. The minimum atomic E-state index is -2.93. The molecule has 0 aliphatic rings. The summed E-state index contributed by atoms with van der Waals surface area (Å²) in [5.41, 5.74) is 0.415. The Labute approximate surface area is 167 Å². The Morgan fingerprint density at radius 1 is 1.24 bits per heavy atom. The number of halogens is 4. The zero-order valence-electron chi connectivity index (χ0n) is 13.9. The van der Waals surface area contributed by atoms with Crippen LogP contribution in [0.4, 0.5) is 8.78 Å². The van der Waals surface area contributed by atoms with Crippen molar-refractivity contribution in [1.82, 2.24) is 16.0 Å². The van der Waals surface area contributed by atoms with Crippen molar-refractivity contribution in [2.45, 2.75) is 27.0 Å². The van der Waals surface area contributed by atoms with Crippen molar-refractivity contribution < 1.29 is 18.3 Å². The monoisotopic (exact) mass is 490 g/mol. The number of aliphatic imine (C=N–C) groups is 1.